The molecule has 1 heterocycles. The first-order valence-corrected chi connectivity index (χ1v) is 7.07. The van der Waals surface area contributed by atoms with Crippen LogP contribution in [0.5, 0.6) is 0 Å². The van der Waals surface area contributed by atoms with Crippen molar-refractivity contribution in [3.8, 4) is 11.3 Å². The molecule has 0 bridgehead atoms. The number of amides is 1. The molecular formula is C17H21NO2. The van der Waals surface area contributed by atoms with Crippen molar-refractivity contribution < 1.29 is 9.21 Å². The lowest BCUT2D eigenvalue weighted by atomic mass is 10.1. The molecule has 20 heavy (non-hydrogen) atoms. The van der Waals surface area contributed by atoms with Crippen LogP contribution in [0.1, 0.15) is 41.4 Å². The van der Waals surface area contributed by atoms with Gasteiger partial charge in [0.2, 0.25) is 0 Å². The van der Waals surface area contributed by atoms with Gasteiger partial charge in [0, 0.05) is 12.1 Å². The average molecular weight is 271 g/mol. The topological polar surface area (TPSA) is 42.2 Å². The summed E-state index contributed by atoms with van der Waals surface area (Å²) in [7, 11) is 0. The van der Waals surface area contributed by atoms with Crippen LogP contribution in [0.4, 0.5) is 0 Å². The zero-order valence-corrected chi connectivity index (χ0v) is 12.3. The maximum absolute atomic E-state index is 12.1. The predicted molar refractivity (Wildman–Crippen MR) is 80.9 cm³/mol. The monoisotopic (exact) mass is 271 g/mol. The van der Waals surface area contributed by atoms with Crippen molar-refractivity contribution in [2.75, 3.05) is 6.54 Å². The number of nitrogens with one attached hydrogen (secondary N) is 1. The highest BCUT2D eigenvalue weighted by Crippen LogP contribution is 2.25. The van der Waals surface area contributed by atoms with Gasteiger partial charge in [0.15, 0.2) is 0 Å². The van der Waals surface area contributed by atoms with E-state index in [-0.39, 0.29) is 5.91 Å². The van der Waals surface area contributed by atoms with Crippen LogP contribution in [0.25, 0.3) is 11.3 Å². The third-order valence-corrected chi connectivity index (χ3v) is 3.31. The molecule has 3 heteroatoms. The molecule has 0 atom stereocenters. The summed E-state index contributed by atoms with van der Waals surface area (Å²) in [5, 5.41) is 2.92. The van der Waals surface area contributed by atoms with Gasteiger partial charge >= 0.3 is 0 Å². The van der Waals surface area contributed by atoms with E-state index in [2.05, 4.69) is 12.2 Å². The molecule has 2 rings (SSSR count). The quantitative estimate of drug-likeness (QED) is 0.832. The van der Waals surface area contributed by atoms with Gasteiger partial charge in [-0.25, -0.2) is 0 Å². The van der Waals surface area contributed by atoms with Crippen LogP contribution < -0.4 is 5.32 Å². The molecule has 0 saturated carbocycles. The van der Waals surface area contributed by atoms with Crippen LogP contribution in [0.3, 0.4) is 0 Å². The molecule has 1 amide bonds. The second kappa shape index (κ2) is 6.42. The largest absolute Gasteiger partial charge is 0.461 e. The number of benzene rings is 1. The molecule has 3 nitrogen and oxygen atoms in total. The number of hydrogen-bond donors (Lipinski definition) is 1. The Kier molecular flexibility index (Phi) is 4.61. The normalized spacial score (nSPS) is 10.6. The highest BCUT2D eigenvalue weighted by Gasteiger charge is 2.15. The number of carbonyl (C=O) groups is 1. The Bertz CT molecular complexity index is 582. The van der Waals surface area contributed by atoms with E-state index in [0.29, 0.717) is 17.9 Å². The summed E-state index contributed by atoms with van der Waals surface area (Å²) in [5.41, 5.74) is 2.82. The van der Waals surface area contributed by atoms with Gasteiger partial charge in [0.05, 0.1) is 5.56 Å². The van der Waals surface area contributed by atoms with Crippen molar-refractivity contribution >= 4 is 5.91 Å². The van der Waals surface area contributed by atoms with Crippen LogP contribution in [0.2, 0.25) is 0 Å². The smallest absolute Gasteiger partial charge is 0.254 e. The Morgan fingerprint density at radius 1 is 1.20 bits per heavy atom. The van der Waals surface area contributed by atoms with E-state index in [1.807, 2.05) is 44.2 Å². The maximum atomic E-state index is 12.1. The zero-order valence-electron chi connectivity index (χ0n) is 12.3. The van der Waals surface area contributed by atoms with Crippen molar-refractivity contribution in [1.82, 2.24) is 5.32 Å². The van der Waals surface area contributed by atoms with E-state index in [0.717, 1.165) is 24.2 Å². The first-order valence-electron chi connectivity index (χ1n) is 7.07. The summed E-state index contributed by atoms with van der Waals surface area (Å²) < 4.78 is 5.71. The first kappa shape index (κ1) is 14.4. The lowest BCUT2D eigenvalue weighted by Crippen LogP contribution is -2.24. The van der Waals surface area contributed by atoms with Gasteiger partial charge in [0.1, 0.15) is 11.5 Å². The fraction of sp³-hybridized carbons (Fsp3) is 0.353. The summed E-state index contributed by atoms with van der Waals surface area (Å²) in [6.07, 6.45) is 2.06. The molecule has 0 spiro atoms. The molecule has 2 aromatic rings. The van der Waals surface area contributed by atoms with Gasteiger partial charge < -0.3 is 9.73 Å². The zero-order chi connectivity index (χ0) is 14.5. The maximum Gasteiger partial charge on any atom is 0.254 e. The second-order valence-electron chi connectivity index (χ2n) is 5.06. The molecule has 0 aliphatic carbocycles. The molecule has 0 fully saturated rings. The molecule has 0 aliphatic heterocycles. The van der Waals surface area contributed by atoms with Crippen molar-refractivity contribution in [3.63, 3.8) is 0 Å². The van der Waals surface area contributed by atoms with Crippen LogP contribution in [0.15, 0.2) is 34.7 Å². The molecule has 1 aromatic carbocycles. The van der Waals surface area contributed by atoms with Gasteiger partial charge in [-0.05, 0) is 26.3 Å². The fourth-order valence-electron chi connectivity index (χ4n) is 2.04. The van der Waals surface area contributed by atoms with Gasteiger partial charge in [-0.1, -0.05) is 43.2 Å². The number of unbranched alkanes of at least 4 members (excludes halogenated alkanes) is 1. The highest BCUT2D eigenvalue weighted by molar-refractivity contribution is 5.96. The lowest BCUT2D eigenvalue weighted by molar-refractivity contribution is 0.0951. The van der Waals surface area contributed by atoms with E-state index >= 15 is 0 Å². The molecule has 106 valence electrons. The highest BCUT2D eigenvalue weighted by atomic mass is 16.3. The molecule has 0 unspecified atom stereocenters. The number of carbonyl (C=O) groups excluding carboxylic acids is 1. The Balaban J connectivity index is 2.16. The standard InChI is InChI=1S/C17H21NO2/c1-4-5-10-18-17(19)15-11-16(20-13(15)3)14-8-6-12(2)7-9-14/h6-9,11H,4-5,10H2,1-3H3,(H,18,19). The summed E-state index contributed by atoms with van der Waals surface area (Å²) >= 11 is 0. The van der Waals surface area contributed by atoms with E-state index in [4.69, 9.17) is 4.42 Å². The molecule has 0 radical (unpaired) electrons. The summed E-state index contributed by atoms with van der Waals surface area (Å²) in [6, 6.07) is 9.91. The number of rotatable bonds is 5. The van der Waals surface area contributed by atoms with E-state index in [1.54, 1.807) is 0 Å². The molecule has 1 aromatic heterocycles. The van der Waals surface area contributed by atoms with E-state index < -0.39 is 0 Å². The molecule has 1 N–H and O–H groups in total. The Hall–Kier alpha value is -2.03. The third kappa shape index (κ3) is 3.29. The summed E-state index contributed by atoms with van der Waals surface area (Å²) in [4.78, 5) is 12.1. The van der Waals surface area contributed by atoms with E-state index in [9.17, 15) is 4.79 Å². The minimum atomic E-state index is -0.0574. The molecule has 0 aliphatic rings. The van der Waals surface area contributed by atoms with Crippen LogP contribution in [-0.2, 0) is 0 Å². The number of furan rings is 1. The first-order chi connectivity index (χ1) is 9.61. The average Bonchev–Trinajstić information content (AvgIpc) is 2.82. The van der Waals surface area contributed by atoms with Crippen molar-refractivity contribution in [3.05, 3.63) is 47.2 Å². The Morgan fingerprint density at radius 3 is 2.55 bits per heavy atom. The summed E-state index contributed by atoms with van der Waals surface area (Å²) in [5.74, 6) is 1.34. The van der Waals surface area contributed by atoms with E-state index in [1.165, 1.54) is 5.56 Å². The van der Waals surface area contributed by atoms with Gasteiger partial charge in [-0.15, -0.1) is 0 Å². The van der Waals surface area contributed by atoms with Gasteiger partial charge in [-0.2, -0.15) is 0 Å². The van der Waals surface area contributed by atoms with Gasteiger partial charge in [-0.3, -0.25) is 4.79 Å². The SMILES string of the molecule is CCCCNC(=O)c1cc(-c2ccc(C)cc2)oc1C. The van der Waals surface area contributed by atoms with Crippen molar-refractivity contribution in [1.29, 1.82) is 0 Å². The summed E-state index contributed by atoms with van der Waals surface area (Å²) in [6.45, 7) is 6.68. The van der Waals surface area contributed by atoms with Crippen LogP contribution in [-0.4, -0.2) is 12.5 Å². The van der Waals surface area contributed by atoms with Crippen molar-refractivity contribution in [2.24, 2.45) is 0 Å². The Morgan fingerprint density at radius 2 is 1.90 bits per heavy atom. The molecular weight excluding hydrogens is 250 g/mol. The van der Waals surface area contributed by atoms with Crippen LogP contribution in [0, 0.1) is 13.8 Å². The predicted octanol–water partition coefficient (Wildman–Crippen LogP) is 4.09. The lowest BCUT2D eigenvalue weighted by Gasteiger charge is -2.01. The van der Waals surface area contributed by atoms with Gasteiger partial charge in [0.25, 0.3) is 5.91 Å². The Labute approximate surface area is 120 Å². The number of hydrogen-bond acceptors (Lipinski definition) is 2. The van der Waals surface area contributed by atoms with Crippen molar-refractivity contribution in [2.45, 2.75) is 33.6 Å². The second-order valence-corrected chi connectivity index (χ2v) is 5.06. The minimum Gasteiger partial charge on any atom is -0.461 e. The molecule has 0 saturated heterocycles. The fourth-order valence-corrected chi connectivity index (χ4v) is 2.04. The van der Waals surface area contributed by atoms with Crippen LogP contribution >= 0.6 is 0 Å². The number of aryl methyl sites for hydroxylation is 2. The third-order valence-electron chi connectivity index (χ3n) is 3.31. The minimum absolute atomic E-state index is 0.0574.